The van der Waals surface area contributed by atoms with Gasteiger partial charge in [0.2, 0.25) is 11.7 Å². The monoisotopic (exact) mass is 384 g/mol. The molecule has 0 aliphatic carbocycles. The number of hydrogen-bond acceptors (Lipinski definition) is 5. The lowest BCUT2D eigenvalue weighted by atomic mass is 10.1. The van der Waals surface area contributed by atoms with Gasteiger partial charge in [0.1, 0.15) is 0 Å². The molecule has 7 heteroatoms. The minimum atomic E-state index is 0. The quantitative estimate of drug-likeness (QED) is 0.728. The number of aromatic nitrogens is 2. The molecule has 0 radical (unpaired) electrons. The van der Waals surface area contributed by atoms with Crippen LogP contribution in [0.5, 0.6) is 0 Å². The van der Waals surface area contributed by atoms with E-state index in [1.54, 1.807) is 0 Å². The first kappa shape index (κ1) is 19.1. The van der Waals surface area contributed by atoms with Crippen LogP contribution >= 0.6 is 12.4 Å². The summed E-state index contributed by atoms with van der Waals surface area (Å²) in [4.78, 5) is 18.1. The Morgan fingerprint density at radius 3 is 2.30 bits per heavy atom. The van der Waals surface area contributed by atoms with Crippen LogP contribution in [0.3, 0.4) is 0 Å². The Morgan fingerprint density at radius 2 is 1.67 bits per heavy atom. The number of hydrogen-bond donors (Lipinski definition) is 1. The van der Waals surface area contributed by atoms with Crippen LogP contribution in [0.2, 0.25) is 0 Å². The van der Waals surface area contributed by atoms with E-state index in [1.807, 2.05) is 53.4 Å². The van der Waals surface area contributed by atoms with Crippen molar-refractivity contribution in [1.29, 1.82) is 0 Å². The standard InChI is InChI=1S/C20H20N4O2.ClH/c21-12-14-3-7-16(8-4-14)19-22-20(26-23-19)17-9-5-15(6-10-17)13-24-11-1-2-18(24)25;/h3-10H,1-2,11-13,21H2;1H. The van der Waals surface area contributed by atoms with Gasteiger partial charge < -0.3 is 15.2 Å². The molecular formula is C20H21ClN4O2. The molecule has 3 aromatic rings. The Balaban J connectivity index is 0.00000210. The number of carbonyl (C=O) groups is 1. The molecule has 2 N–H and O–H groups in total. The summed E-state index contributed by atoms with van der Waals surface area (Å²) >= 11 is 0. The Hall–Kier alpha value is -2.70. The van der Waals surface area contributed by atoms with Crippen LogP contribution in [-0.2, 0) is 17.9 Å². The van der Waals surface area contributed by atoms with E-state index >= 15 is 0 Å². The van der Waals surface area contributed by atoms with E-state index in [0.717, 1.165) is 35.2 Å². The van der Waals surface area contributed by atoms with E-state index in [0.29, 0.717) is 31.2 Å². The molecule has 0 bridgehead atoms. The van der Waals surface area contributed by atoms with Crippen molar-refractivity contribution in [2.24, 2.45) is 5.73 Å². The second-order valence-electron chi connectivity index (χ2n) is 6.44. The number of nitrogens with zero attached hydrogens (tertiary/aromatic N) is 3. The smallest absolute Gasteiger partial charge is 0.258 e. The molecule has 2 heterocycles. The van der Waals surface area contributed by atoms with Crippen molar-refractivity contribution >= 4 is 18.3 Å². The van der Waals surface area contributed by atoms with Crippen molar-refractivity contribution in [1.82, 2.24) is 15.0 Å². The van der Waals surface area contributed by atoms with Gasteiger partial charge in [-0.15, -0.1) is 12.4 Å². The molecule has 0 saturated carbocycles. The maximum Gasteiger partial charge on any atom is 0.258 e. The molecule has 6 nitrogen and oxygen atoms in total. The molecule has 0 spiro atoms. The van der Waals surface area contributed by atoms with Crippen LogP contribution in [0.15, 0.2) is 53.1 Å². The zero-order chi connectivity index (χ0) is 17.9. The Bertz CT molecular complexity index is 906. The predicted molar refractivity (Wildman–Crippen MR) is 105 cm³/mol. The summed E-state index contributed by atoms with van der Waals surface area (Å²) in [6.45, 7) is 2.01. The number of benzene rings is 2. The van der Waals surface area contributed by atoms with Crippen molar-refractivity contribution in [3.05, 3.63) is 59.7 Å². The molecule has 1 amide bonds. The van der Waals surface area contributed by atoms with Crippen molar-refractivity contribution in [3.8, 4) is 22.8 Å². The SMILES string of the molecule is Cl.NCc1ccc(-c2noc(-c3ccc(CN4CCCC4=O)cc3)n2)cc1. The van der Waals surface area contributed by atoms with E-state index in [1.165, 1.54) is 0 Å². The first-order valence-corrected chi connectivity index (χ1v) is 8.73. The fourth-order valence-electron chi connectivity index (χ4n) is 3.09. The number of rotatable bonds is 5. The topological polar surface area (TPSA) is 85.2 Å². The fourth-order valence-corrected chi connectivity index (χ4v) is 3.09. The van der Waals surface area contributed by atoms with Gasteiger partial charge in [0, 0.05) is 37.2 Å². The molecule has 0 atom stereocenters. The summed E-state index contributed by atoms with van der Waals surface area (Å²) in [6.07, 6.45) is 1.61. The third-order valence-electron chi connectivity index (χ3n) is 4.62. The Morgan fingerprint density at radius 1 is 1.00 bits per heavy atom. The summed E-state index contributed by atoms with van der Waals surface area (Å²) in [5, 5.41) is 4.06. The molecule has 0 unspecified atom stereocenters. The molecule has 4 rings (SSSR count). The van der Waals surface area contributed by atoms with Crippen LogP contribution in [0.4, 0.5) is 0 Å². The first-order valence-electron chi connectivity index (χ1n) is 8.73. The lowest BCUT2D eigenvalue weighted by molar-refractivity contribution is -0.128. The number of likely N-dealkylation sites (tertiary alicyclic amines) is 1. The fraction of sp³-hybridized carbons (Fsp3) is 0.250. The number of carbonyl (C=O) groups excluding carboxylic acids is 1. The second kappa shape index (κ2) is 8.33. The average Bonchev–Trinajstić information content (AvgIpc) is 3.32. The molecule has 27 heavy (non-hydrogen) atoms. The van der Waals surface area contributed by atoms with Crippen LogP contribution in [0.1, 0.15) is 24.0 Å². The average molecular weight is 385 g/mol. The molecule has 140 valence electrons. The van der Waals surface area contributed by atoms with Crippen molar-refractivity contribution in [2.45, 2.75) is 25.9 Å². The third-order valence-corrected chi connectivity index (χ3v) is 4.62. The lowest BCUT2D eigenvalue weighted by Crippen LogP contribution is -2.23. The van der Waals surface area contributed by atoms with Crippen molar-refractivity contribution < 1.29 is 9.32 Å². The number of halogens is 1. The Kier molecular flexibility index (Phi) is 5.88. The van der Waals surface area contributed by atoms with Crippen molar-refractivity contribution in [3.63, 3.8) is 0 Å². The maximum atomic E-state index is 11.7. The molecule has 1 aliphatic heterocycles. The predicted octanol–water partition coefficient (Wildman–Crippen LogP) is 3.41. The van der Waals surface area contributed by atoms with Gasteiger partial charge in [0.25, 0.3) is 5.89 Å². The van der Waals surface area contributed by atoms with Gasteiger partial charge in [0.15, 0.2) is 0 Å². The first-order chi connectivity index (χ1) is 12.7. The maximum absolute atomic E-state index is 11.7. The van der Waals surface area contributed by atoms with Gasteiger partial charge in [-0.2, -0.15) is 4.98 Å². The third kappa shape index (κ3) is 4.18. The van der Waals surface area contributed by atoms with Crippen molar-refractivity contribution in [2.75, 3.05) is 6.54 Å². The van der Waals surface area contributed by atoms with Gasteiger partial charge in [-0.3, -0.25) is 4.79 Å². The number of nitrogens with two attached hydrogens (primary N) is 1. The van der Waals surface area contributed by atoms with Crippen LogP contribution in [-0.4, -0.2) is 27.5 Å². The zero-order valence-corrected chi connectivity index (χ0v) is 15.6. The summed E-state index contributed by atoms with van der Waals surface area (Å²) in [5.74, 6) is 1.26. The normalized spacial score (nSPS) is 13.7. The lowest BCUT2D eigenvalue weighted by Gasteiger charge is -2.15. The molecule has 1 aromatic heterocycles. The van der Waals surface area contributed by atoms with Crippen LogP contribution in [0, 0.1) is 0 Å². The van der Waals surface area contributed by atoms with E-state index in [9.17, 15) is 4.79 Å². The highest BCUT2D eigenvalue weighted by atomic mass is 35.5. The van der Waals surface area contributed by atoms with E-state index in [-0.39, 0.29) is 18.3 Å². The zero-order valence-electron chi connectivity index (χ0n) is 14.8. The van der Waals surface area contributed by atoms with Gasteiger partial charge in [-0.25, -0.2) is 0 Å². The highest BCUT2D eigenvalue weighted by molar-refractivity contribution is 5.85. The van der Waals surface area contributed by atoms with E-state index < -0.39 is 0 Å². The minimum Gasteiger partial charge on any atom is -0.338 e. The van der Waals surface area contributed by atoms with Gasteiger partial charge in [-0.1, -0.05) is 41.6 Å². The second-order valence-corrected chi connectivity index (χ2v) is 6.44. The summed E-state index contributed by atoms with van der Waals surface area (Å²) in [6, 6.07) is 15.7. The summed E-state index contributed by atoms with van der Waals surface area (Å²) in [7, 11) is 0. The highest BCUT2D eigenvalue weighted by Gasteiger charge is 2.20. The molecule has 1 fully saturated rings. The summed E-state index contributed by atoms with van der Waals surface area (Å²) < 4.78 is 5.40. The van der Waals surface area contributed by atoms with Crippen LogP contribution in [0.25, 0.3) is 22.8 Å². The van der Waals surface area contributed by atoms with Gasteiger partial charge in [-0.05, 0) is 29.7 Å². The van der Waals surface area contributed by atoms with Gasteiger partial charge in [0.05, 0.1) is 0 Å². The Labute approximate surface area is 163 Å². The van der Waals surface area contributed by atoms with E-state index in [4.69, 9.17) is 10.3 Å². The van der Waals surface area contributed by atoms with Crippen LogP contribution < -0.4 is 5.73 Å². The molecule has 1 aliphatic rings. The highest BCUT2D eigenvalue weighted by Crippen LogP contribution is 2.23. The number of amides is 1. The molecule has 1 saturated heterocycles. The molecule has 2 aromatic carbocycles. The minimum absolute atomic E-state index is 0. The molecular weight excluding hydrogens is 364 g/mol. The van der Waals surface area contributed by atoms with Gasteiger partial charge >= 0.3 is 0 Å². The summed E-state index contributed by atoms with van der Waals surface area (Å²) in [5.41, 5.74) is 9.53. The van der Waals surface area contributed by atoms with E-state index in [2.05, 4.69) is 10.1 Å². The largest absolute Gasteiger partial charge is 0.338 e.